The minimum Gasteiger partial charge on any atom is -0.496 e. The van der Waals surface area contributed by atoms with Gasteiger partial charge in [-0.3, -0.25) is 0 Å². The lowest BCUT2D eigenvalue weighted by molar-refractivity contribution is 0.410. The zero-order valence-corrected chi connectivity index (χ0v) is 12.7. The van der Waals surface area contributed by atoms with Crippen LogP contribution in [0.2, 0.25) is 0 Å². The highest BCUT2D eigenvalue weighted by Gasteiger charge is 2.04. The van der Waals surface area contributed by atoms with Gasteiger partial charge in [-0.2, -0.15) is 0 Å². The second-order valence-corrected chi connectivity index (χ2v) is 5.51. The second-order valence-electron chi connectivity index (χ2n) is 4.59. The Balaban J connectivity index is 1.80. The molecule has 20 heavy (non-hydrogen) atoms. The molecule has 3 aromatic rings. The number of H-pyrrole nitrogens is 1. The standard InChI is InChI=1S/C16H15BrN2O/c1-20-16-5-2-13(17)8-12(16)10-19-14-3-4-15-11(9-14)6-7-18-15/h2-9,18-19H,10H2,1H3. The first kappa shape index (κ1) is 13.1. The Hall–Kier alpha value is -1.94. The largest absolute Gasteiger partial charge is 0.496 e. The molecule has 0 saturated heterocycles. The van der Waals surface area contributed by atoms with Crippen LogP contribution in [-0.4, -0.2) is 12.1 Å². The zero-order valence-electron chi connectivity index (χ0n) is 11.1. The fourth-order valence-electron chi connectivity index (χ4n) is 2.25. The molecule has 0 bridgehead atoms. The average molecular weight is 331 g/mol. The Morgan fingerprint density at radius 3 is 2.90 bits per heavy atom. The molecule has 0 atom stereocenters. The van der Waals surface area contributed by atoms with E-state index in [0.717, 1.165) is 33.5 Å². The molecule has 1 heterocycles. The number of aromatic amines is 1. The van der Waals surface area contributed by atoms with E-state index >= 15 is 0 Å². The van der Waals surface area contributed by atoms with Crippen molar-refractivity contribution in [3.8, 4) is 5.75 Å². The van der Waals surface area contributed by atoms with Crippen LogP contribution in [0, 0.1) is 0 Å². The summed E-state index contributed by atoms with van der Waals surface area (Å²) >= 11 is 3.49. The van der Waals surface area contributed by atoms with E-state index in [4.69, 9.17) is 4.74 Å². The van der Waals surface area contributed by atoms with Crippen molar-refractivity contribution in [3.63, 3.8) is 0 Å². The monoisotopic (exact) mass is 330 g/mol. The third kappa shape index (κ3) is 2.65. The molecule has 0 spiro atoms. The van der Waals surface area contributed by atoms with Crippen molar-refractivity contribution in [1.29, 1.82) is 0 Å². The molecule has 3 nitrogen and oxygen atoms in total. The number of ether oxygens (including phenoxy) is 1. The van der Waals surface area contributed by atoms with Crippen LogP contribution in [0.5, 0.6) is 5.75 Å². The van der Waals surface area contributed by atoms with E-state index in [1.807, 2.05) is 18.3 Å². The predicted molar refractivity (Wildman–Crippen MR) is 86.3 cm³/mol. The van der Waals surface area contributed by atoms with Crippen molar-refractivity contribution < 1.29 is 4.74 Å². The van der Waals surface area contributed by atoms with E-state index in [1.54, 1.807) is 7.11 Å². The fourth-order valence-corrected chi connectivity index (χ4v) is 2.65. The molecule has 0 saturated carbocycles. The predicted octanol–water partition coefficient (Wildman–Crippen LogP) is 4.55. The molecular formula is C16H15BrN2O. The summed E-state index contributed by atoms with van der Waals surface area (Å²) < 4.78 is 6.43. The Kier molecular flexibility index (Phi) is 3.65. The molecule has 0 fully saturated rings. The highest BCUT2D eigenvalue weighted by atomic mass is 79.9. The number of anilines is 1. The van der Waals surface area contributed by atoms with E-state index in [9.17, 15) is 0 Å². The number of hydrogen-bond donors (Lipinski definition) is 2. The maximum absolute atomic E-state index is 5.38. The molecule has 0 amide bonds. The van der Waals surface area contributed by atoms with Gasteiger partial charge < -0.3 is 15.0 Å². The molecule has 0 unspecified atom stereocenters. The first-order valence-corrected chi connectivity index (χ1v) is 7.19. The topological polar surface area (TPSA) is 37.0 Å². The highest BCUT2D eigenvalue weighted by molar-refractivity contribution is 9.10. The van der Waals surface area contributed by atoms with Gasteiger partial charge in [0.15, 0.2) is 0 Å². The van der Waals surface area contributed by atoms with E-state index < -0.39 is 0 Å². The molecule has 3 rings (SSSR count). The van der Waals surface area contributed by atoms with Crippen molar-refractivity contribution in [2.24, 2.45) is 0 Å². The molecule has 0 aliphatic heterocycles. The van der Waals surface area contributed by atoms with Crippen molar-refractivity contribution in [1.82, 2.24) is 4.98 Å². The van der Waals surface area contributed by atoms with Gasteiger partial charge in [0.1, 0.15) is 5.75 Å². The molecule has 102 valence electrons. The number of aromatic nitrogens is 1. The van der Waals surface area contributed by atoms with E-state index in [2.05, 4.69) is 56.6 Å². The van der Waals surface area contributed by atoms with Crippen LogP contribution in [0.1, 0.15) is 5.56 Å². The van der Waals surface area contributed by atoms with E-state index in [0.29, 0.717) is 0 Å². The first-order valence-electron chi connectivity index (χ1n) is 6.40. The summed E-state index contributed by atoms with van der Waals surface area (Å²) in [5.41, 5.74) is 3.37. The number of halogens is 1. The Labute approximate surface area is 126 Å². The van der Waals surface area contributed by atoms with Crippen LogP contribution in [0.15, 0.2) is 53.1 Å². The van der Waals surface area contributed by atoms with Gasteiger partial charge in [0.05, 0.1) is 7.11 Å². The van der Waals surface area contributed by atoms with Gasteiger partial charge in [-0.1, -0.05) is 15.9 Å². The van der Waals surface area contributed by atoms with Crippen LogP contribution < -0.4 is 10.1 Å². The number of rotatable bonds is 4. The van der Waals surface area contributed by atoms with Crippen molar-refractivity contribution in [2.75, 3.05) is 12.4 Å². The van der Waals surface area contributed by atoms with Crippen molar-refractivity contribution >= 4 is 32.5 Å². The smallest absolute Gasteiger partial charge is 0.123 e. The first-order chi connectivity index (χ1) is 9.76. The van der Waals surface area contributed by atoms with Crippen molar-refractivity contribution in [3.05, 3.63) is 58.7 Å². The van der Waals surface area contributed by atoms with Gasteiger partial charge in [0.2, 0.25) is 0 Å². The SMILES string of the molecule is COc1ccc(Br)cc1CNc1ccc2[nH]ccc2c1. The minimum absolute atomic E-state index is 0.721. The molecular weight excluding hydrogens is 316 g/mol. The summed E-state index contributed by atoms with van der Waals surface area (Å²) in [6, 6.07) is 14.4. The van der Waals surface area contributed by atoms with E-state index in [-0.39, 0.29) is 0 Å². The zero-order chi connectivity index (χ0) is 13.9. The van der Waals surface area contributed by atoms with Crippen molar-refractivity contribution in [2.45, 2.75) is 6.54 Å². The van der Waals surface area contributed by atoms with Gasteiger partial charge >= 0.3 is 0 Å². The number of fused-ring (bicyclic) bond motifs is 1. The van der Waals surface area contributed by atoms with Crippen LogP contribution >= 0.6 is 15.9 Å². The van der Waals surface area contributed by atoms with Gasteiger partial charge in [0, 0.05) is 39.4 Å². The molecule has 0 aliphatic rings. The lowest BCUT2D eigenvalue weighted by Gasteiger charge is -2.11. The lowest BCUT2D eigenvalue weighted by Crippen LogP contribution is -2.01. The normalized spacial score (nSPS) is 10.7. The maximum Gasteiger partial charge on any atom is 0.123 e. The quantitative estimate of drug-likeness (QED) is 0.736. The maximum atomic E-state index is 5.38. The van der Waals surface area contributed by atoms with Gasteiger partial charge in [-0.25, -0.2) is 0 Å². The summed E-state index contributed by atoms with van der Waals surface area (Å²) in [5, 5.41) is 4.63. The molecule has 1 aromatic heterocycles. The average Bonchev–Trinajstić information content (AvgIpc) is 2.92. The van der Waals surface area contributed by atoms with Gasteiger partial charge in [0.25, 0.3) is 0 Å². The summed E-state index contributed by atoms with van der Waals surface area (Å²) in [4.78, 5) is 3.19. The lowest BCUT2D eigenvalue weighted by atomic mass is 10.2. The summed E-state index contributed by atoms with van der Waals surface area (Å²) in [7, 11) is 1.69. The Bertz CT molecular complexity index is 736. The molecule has 0 radical (unpaired) electrons. The fraction of sp³-hybridized carbons (Fsp3) is 0.125. The Morgan fingerprint density at radius 1 is 1.15 bits per heavy atom. The molecule has 0 aliphatic carbocycles. The van der Waals surface area contributed by atoms with Gasteiger partial charge in [-0.15, -0.1) is 0 Å². The second kappa shape index (κ2) is 5.59. The van der Waals surface area contributed by atoms with Crippen LogP contribution in [0.3, 0.4) is 0 Å². The number of nitrogens with one attached hydrogen (secondary N) is 2. The number of hydrogen-bond acceptors (Lipinski definition) is 2. The van der Waals surface area contributed by atoms with Gasteiger partial charge in [-0.05, 0) is 42.5 Å². The van der Waals surface area contributed by atoms with Crippen LogP contribution in [0.4, 0.5) is 5.69 Å². The highest BCUT2D eigenvalue weighted by Crippen LogP contribution is 2.24. The molecule has 2 aromatic carbocycles. The molecule has 4 heteroatoms. The van der Waals surface area contributed by atoms with Crippen LogP contribution in [0.25, 0.3) is 10.9 Å². The summed E-state index contributed by atoms with van der Waals surface area (Å²) in [6.45, 7) is 0.721. The summed E-state index contributed by atoms with van der Waals surface area (Å²) in [6.07, 6.45) is 1.95. The third-order valence-electron chi connectivity index (χ3n) is 3.28. The minimum atomic E-state index is 0.721. The Morgan fingerprint density at radius 2 is 2.05 bits per heavy atom. The van der Waals surface area contributed by atoms with Crippen LogP contribution in [-0.2, 0) is 6.54 Å². The van der Waals surface area contributed by atoms with E-state index in [1.165, 1.54) is 5.39 Å². The third-order valence-corrected chi connectivity index (χ3v) is 3.77. The summed E-state index contributed by atoms with van der Waals surface area (Å²) in [5.74, 6) is 0.892. The number of benzene rings is 2. The molecule has 2 N–H and O–H groups in total. The number of methoxy groups -OCH3 is 1.